The Morgan fingerprint density at radius 2 is 1.76 bits per heavy atom. The van der Waals surface area contributed by atoms with Crippen molar-refractivity contribution in [3.63, 3.8) is 0 Å². The molecule has 0 aromatic heterocycles. The fourth-order valence-electron chi connectivity index (χ4n) is 1.88. The third-order valence-electron chi connectivity index (χ3n) is 3.02. The molecule has 0 saturated heterocycles. The summed E-state index contributed by atoms with van der Waals surface area (Å²) in [4.78, 5) is 12.0. The normalized spacial score (nSPS) is 10.2. The standard InChI is InChI=1S/C16H16Cl2N2O/c1-2-11-5-3-6-12(9-11)19-10-15(21)20-16-13(17)7-4-8-14(16)18/h3-9,19H,2,10H2,1H3,(H,20,21). The Hall–Kier alpha value is -1.71. The van der Waals surface area contributed by atoms with Gasteiger partial charge in [-0.1, -0.05) is 48.3 Å². The van der Waals surface area contributed by atoms with Crippen molar-refractivity contribution in [2.75, 3.05) is 17.2 Å². The molecule has 2 aromatic carbocycles. The summed E-state index contributed by atoms with van der Waals surface area (Å²) in [5.74, 6) is -0.202. The van der Waals surface area contributed by atoms with E-state index < -0.39 is 0 Å². The molecule has 0 bridgehead atoms. The van der Waals surface area contributed by atoms with E-state index in [0.29, 0.717) is 15.7 Å². The fraction of sp³-hybridized carbons (Fsp3) is 0.188. The monoisotopic (exact) mass is 322 g/mol. The van der Waals surface area contributed by atoms with Crippen LogP contribution >= 0.6 is 23.2 Å². The summed E-state index contributed by atoms with van der Waals surface area (Å²) in [6.07, 6.45) is 0.955. The van der Waals surface area contributed by atoms with E-state index in [1.54, 1.807) is 18.2 Å². The van der Waals surface area contributed by atoms with Gasteiger partial charge in [-0.2, -0.15) is 0 Å². The fourth-order valence-corrected chi connectivity index (χ4v) is 2.38. The molecule has 0 aliphatic carbocycles. The Morgan fingerprint density at radius 1 is 1.10 bits per heavy atom. The number of anilines is 2. The van der Waals surface area contributed by atoms with Crippen molar-refractivity contribution in [3.8, 4) is 0 Å². The Morgan fingerprint density at radius 3 is 2.43 bits per heavy atom. The smallest absolute Gasteiger partial charge is 0.243 e. The van der Waals surface area contributed by atoms with E-state index in [4.69, 9.17) is 23.2 Å². The number of carbonyl (C=O) groups excluding carboxylic acids is 1. The highest BCUT2D eigenvalue weighted by Gasteiger charge is 2.09. The van der Waals surface area contributed by atoms with Gasteiger partial charge in [-0.15, -0.1) is 0 Å². The first-order valence-electron chi connectivity index (χ1n) is 6.67. The molecule has 0 unspecified atom stereocenters. The van der Waals surface area contributed by atoms with Crippen molar-refractivity contribution in [1.29, 1.82) is 0 Å². The van der Waals surface area contributed by atoms with Gasteiger partial charge in [-0.3, -0.25) is 4.79 Å². The van der Waals surface area contributed by atoms with Gasteiger partial charge >= 0.3 is 0 Å². The first kappa shape index (κ1) is 15.7. The maximum Gasteiger partial charge on any atom is 0.243 e. The molecule has 0 saturated carbocycles. The zero-order chi connectivity index (χ0) is 15.2. The van der Waals surface area contributed by atoms with Crippen LogP contribution in [-0.2, 0) is 11.2 Å². The molecule has 0 aliphatic heterocycles. The van der Waals surface area contributed by atoms with Gasteiger partial charge in [-0.05, 0) is 36.2 Å². The van der Waals surface area contributed by atoms with Crippen molar-refractivity contribution in [2.24, 2.45) is 0 Å². The number of rotatable bonds is 5. The molecule has 0 atom stereocenters. The number of para-hydroxylation sites is 1. The van der Waals surface area contributed by atoms with E-state index in [2.05, 4.69) is 23.6 Å². The van der Waals surface area contributed by atoms with E-state index in [0.717, 1.165) is 12.1 Å². The molecule has 0 heterocycles. The van der Waals surface area contributed by atoms with Crippen LogP contribution in [0.15, 0.2) is 42.5 Å². The van der Waals surface area contributed by atoms with Gasteiger partial charge < -0.3 is 10.6 Å². The molecular weight excluding hydrogens is 307 g/mol. The number of aryl methyl sites for hydroxylation is 1. The van der Waals surface area contributed by atoms with E-state index in [-0.39, 0.29) is 12.5 Å². The van der Waals surface area contributed by atoms with E-state index >= 15 is 0 Å². The lowest BCUT2D eigenvalue weighted by Gasteiger charge is -2.11. The lowest BCUT2D eigenvalue weighted by molar-refractivity contribution is -0.114. The average molecular weight is 323 g/mol. The van der Waals surface area contributed by atoms with Gasteiger partial charge in [0.15, 0.2) is 0 Å². The van der Waals surface area contributed by atoms with Gasteiger partial charge in [0.05, 0.1) is 22.3 Å². The zero-order valence-electron chi connectivity index (χ0n) is 11.6. The lowest BCUT2D eigenvalue weighted by Crippen LogP contribution is -2.22. The molecule has 0 aliphatic rings. The summed E-state index contributed by atoms with van der Waals surface area (Å²) >= 11 is 12.0. The molecule has 0 radical (unpaired) electrons. The number of hydrogen-bond acceptors (Lipinski definition) is 2. The quantitative estimate of drug-likeness (QED) is 0.844. The predicted molar refractivity (Wildman–Crippen MR) is 89.4 cm³/mol. The van der Waals surface area contributed by atoms with E-state index in [1.807, 2.05) is 18.2 Å². The van der Waals surface area contributed by atoms with Crippen molar-refractivity contribution in [1.82, 2.24) is 0 Å². The second-order valence-electron chi connectivity index (χ2n) is 4.55. The minimum absolute atomic E-state index is 0.148. The summed E-state index contributed by atoms with van der Waals surface area (Å²) in [5, 5.41) is 6.63. The Kier molecular flexibility index (Phi) is 5.48. The third kappa shape index (κ3) is 4.38. The van der Waals surface area contributed by atoms with Crippen LogP contribution in [-0.4, -0.2) is 12.5 Å². The van der Waals surface area contributed by atoms with Crippen LogP contribution < -0.4 is 10.6 Å². The third-order valence-corrected chi connectivity index (χ3v) is 3.65. The van der Waals surface area contributed by atoms with Gasteiger partial charge in [0.2, 0.25) is 5.91 Å². The summed E-state index contributed by atoms with van der Waals surface area (Å²) in [7, 11) is 0. The molecule has 5 heteroatoms. The average Bonchev–Trinajstić information content (AvgIpc) is 2.49. The van der Waals surface area contributed by atoms with Crippen LogP contribution in [0.3, 0.4) is 0 Å². The van der Waals surface area contributed by atoms with Crippen LogP contribution in [0.25, 0.3) is 0 Å². The van der Waals surface area contributed by atoms with Crippen LogP contribution in [0.2, 0.25) is 10.0 Å². The molecule has 0 fully saturated rings. The number of carbonyl (C=O) groups is 1. The van der Waals surface area contributed by atoms with Crippen molar-refractivity contribution >= 4 is 40.5 Å². The number of halogens is 2. The van der Waals surface area contributed by atoms with Crippen LogP contribution in [0.5, 0.6) is 0 Å². The van der Waals surface area contributed by atoms with Gasteiger partial charge in [0, 0.05) is 5.69 Å². The summed E-state index contributed by atoms with van der Waals surface area (Å²) in [6, 6.07) is 13.1. The Bertz CT molecular complexity index is 624. The lowest BCUT2D eigenvalue weighted by atomic mass is 10.1. The maximum atomic E-state index is 12.0. The first-order chi connectivity index (χ1) is 10.1. The molecule has 110 valence electrons. The molecule has 21 heavy (non-hydrogen) atoms. The number of amides is 1. The summed E-state index contributed by atoms with van der Waals surface area (Å²) in [6.45, 7) is 2.24. The molecule has 1 amide bonds. The minimum Gasteiger partial charge on any atom is -0.376 e. The predicted octanol–water partition coefficient (Wildman–Crippen LogP) is 4.61. The van der Waals surface area contributed by atoms with Gasteiger partial charge in [-0.25, -0.2) is 0 Å². The van der Waals surface area contributed by atoms with Crippen LogP contribution in [0.4, 0.5) is 11.4 Å². The largest absolute Gasteiger partial charge is 0.376 e. The van der Waals surface area contributed by atoms with Gasteiger partial charge in [0.1, 0.15) is 0 Å². The summed E-state index contributed by atoms with van der Waals surface area (Å²) < 4.78 is 0. The Labute approximate surface area is 134 Å². The number of nitrogens with one attached hydrogen (secondary N) is 2. The van der Waals surface area contributed by atoms with E-state index in [9.17, 15) is 4.79 Å². The zero-order valence-corrected chi connectivity index (χ0v) is 13.1. The van der Waals surface area contributed by atoms with Crippen LogP contribution in [0, 0.1) is 0 Å². The number of benzene rings is 2. The highest BCUT2D eigenvalue weighted by Crippen LogP contribution is 2.29. The maximum absolute atomic E-state index is 12.0. The van der Waals surface area contributed by atoms with Crippen molar-refractivity contribution in [2.45, 2.75) is 13.3 Å². The molecule has 2 N–H and O–H groups in total. The molecule has 3 nitrogen and oxygen atoms in total. The Balaban J connectivity index is 1.96. The molecule has 2 rings (SSSR count). The van der Waals surface area contributed by atoms with E-state index in [1.165, 1.54) is 5.56 Å². The number of hydrogen-bond donors (Lipinski definition) is 2. The summed E-state index contributed by atoms with van der Waals surface area (Å²) in [5.41, 5.74) is 2.57. The second-order valence-corrected chi connectivity index (χ2v) is 5.37. The van der Waals surface area contributed by atoms with Crippen molar-refractivity contribution in [3.05, 3.63) is 58.1 Å². The topological polar surface area (TPSA) is 41.1 Å². The minimum atomic E-state index is -0.202. The van der Waals surface area contributed by atoms with Crippen molar-refractivity contribution < 1.29 is 4.79 Å². The first-order valence-corrected chi connectivity index (χ1v) is 7.42. The molecule has 2 aromatic rings. The molecular formula is C16H16Cl2N2O. The second kappa shape index (κ2) is 7.34. The van der Waals surface area contributed by atoms with Crippen LogP contribution in [0.1, 0.15) is 12.5 Å². The van der Waals surface area contributed by atoms with Gasteiger partial charge in [0.25, 0.3) is 0 Å². The molecule has 0 spiro atoms. The SMILES string of the molecule is CCc1cccc(NCC(=O)Nc2c(Cl)cccc2Cl)c1. The highest BCUT2D eigenvalue weighted by molar-refractivity contribution is 6.39. The highest BCUT2D eigenvalue weighted by atomic mass is 35.5.